The maximum atomic E-state index is 4.48. The SMILES string of the molecule is CCC[C@@H](N[SH+]C(C)(C)C)c1cncc(Br)n1. The van der Waals surface area contributed by atoms with Gasteiger partial charge in [0, 0.05) is 0 Å². The number of hydrogen-bond donors (Lipinski definition) is 1. The van der Waals surface area contributed by atoms with E-state index in [-0.39, 0.29) is 10.8 Å². The molecule has 0 aliphatic carbocycles. The smallest absolute Gasteiger partial charge is 0.136 e. The van der Waals surface area contributed by atoms with Crippen LogP contribution in [-0.4, -0.2) is 14.7 Å². The van der Waals surface area contributed by atoms with Crippen LogP contribution in [0.5, 0.6) is 0 Å². The Morgan fingerprint density at radius 1 is 1.41 bits per heavy atom. The lowest BCUT2D eigenvalue weighted by molar-refractivity contribution is 0.576. The number of aromatic nitrogens is 2. The normalized spacial score (nSPS) is 13.7. The quantitative estimate of drug-likeness (QED) is 0.669. The van der Waals surface area contributed by atoms with Gasteiger partial charge in [-0.3, -0.25) is 4.98 Å². The van der Waals surface area contributed by atoms with Gasteiger partial charge in [0.05, 0.1) is 36.1 Å². The predicted molar refractivity (Wildman–Crippen MR) is 79.0 cm³/mol. The van der Waals surface area contributed by atoms with Gasteiger partial charge < -0.3 is 0 Å². The van der Waals surface area contributed by atoms with Crippen molar-refractivity contribution < 1.29 is 0 Å². The van der Waals surface area contributed by atoms with Gasteiger partial charge in [0.2, 0.25) is 0 Å². The molecule has 1 atom stereocenters. The van der Waals surface area contributed by atoms with E-state index in [0.29, 0.717) is 0 Å². The molecule has 0 saturated heterocycles. The predicted octanol–water partition coefficient (Wildman–Crippen LogP) is 3.20. The molecule has 1 heterocycles. The van der Waals surface area contributed by atoms with E-state index in [1.54, 1.807) is 6.20 Å². The Balaban J connectivity index is 2.71. The first-order valence-electron chi connectivity index (χ1n) is 5.87. The molecule has 1 N–H and O–H groups in total. The first-order valence-corrected chi connectivity index (χ1v) is 7.56. The lowest BCUT2D eigenvalue weighted by Gasteiger charge is -2.16. The number of nitrogens with zero attached hydrogens (tertiary/aromatic N) is 2. The van der Waals surface area contributed by atoms with Crippen LogP contribution in [0.2, 0.25) is 0 Å². The molecule has 1 aromatic heterocycles. The van der Waals surface area contributed by atoms with Crippen molar-refractivity contribution in [2.75, 3.05) is 0 Å². The lowest BCUT2D eigenvalue weighted by Crippen LogP contribution is -2.31. The standard InChI is InChI=1S/C12H20BrN3S/c1-5-6-9(16-17-12(2,3)4)10-7-14-8-11(13)15-10/h7-9,16H,5-6H2,1-4H3/p+1/t9-/m1/s1. The van der Waals surface area contributed by atoms with Crippen LogP contribution in [0.1, 0.15) is 52.3 Å². The molecule has 0 aromatic carbocycles. The van der Waals surface area contributed by atoms with Crippen molar-refractivity contribution in [3.8, 4) is 0 Å². The number of nitrogens with one attached hydrogen (secondary N) is 1. The zero-order chi connectivity index (χ0) is 12.9. The van der Waals surface area contributed by atoms with E-state index in [1.165, 1.54) is 11.9 Å². The minimum atomic E-state index is 0.255. The van der Waals surface area contributed by atoms with Crippen LogP contribution >= 0.6 is 15.9 Å². The Morgan fingerprint density at radius 3 is 2.65 bits per heavy atom. The number of rotatable bonds is 5. The van der Waals surface area contributed by atoms with E-state index in [0.717, 1.165) is 23.1 Å². The number of thiol groups is 1. The van der Waals surface area contributed by atoms with E-state index in [9.17, 15) is 0 Å². The van der Waals surface area contributed by atoms with Crippen molar-refractivity contribution in [1.29, 1.82) is 0 Å². The van der Waals surface area contributed by atoms with Crippen LogP contribution in [0.3, 0.4) is 0 Å². The largest absolute Gasteiger partial charge is 0.260 e. The van der Waals surface area contributed by atoms with Gasteiger partial charge in [-0.05, 0) is 43.1 Å². The van der Waals surface area contributed by atoms with Crippen LogP contribution in [-0.2, 0) is 11.9 Å². The molecule has 1 rings (SSSR count). The zero-order valence-electron chi connectivity index (χ0n) is 10.9. The third-order valence-electron chi connectivity index (χ3n) is 2.11. The molecule has 0 saturated carbocycles. The Morgan fingerprint density at radius 2 is 2.12 bits per heavy atom. The van der Waals surface area contributed by atoms with Crippen LogP contribution in [0.4, 0.5) is 0 Å². The van der Waals surface area contributed by atoms with E-state index in [4.69, 9.17) is 0 Å². The van der Waals surface area contributed by atoms with E-state index in [2.05, 4.69) is 58.3 Å². The minimum Gasteiger partial charge on any atom is -0.260 e. The average molecular weight is 319 g/mol. The average Bonchev–Trinajstić information content (AvgIpc) is 2.23. The lowest BCUT2D eigenvalue weighted by atomic mass is 10.1. The van der Waals surface area contributed by atoms with Gasteiger partial charge in [0.25, 0.3) is 0 Å². The molecule has 0 spiro atoms. The highest BCUT2D eigenvalue weighted by Crippen LogP contribution is 2.19. The molecule has 0 aliphatic rings. The number of hydrogen-bond acceptors (Lipinski definition) is 3. The van der Waals surface area contributed by atoms with Gasteiger partial charge in [-0.25, -0.2) is 4.98 Å². The number of halogens is 1. The Hall–Kier alpha value is -0.130. The van der Waals surface area contributed by atoms with Crippen molar-refractivity contribution in [2.45, 2.75) is 51.3 Å². The van der Waals surface area contributed by atoms with Crippen molar-refractivity contribution in [1.82, 2.24) is 14.7 Å². The molecular formula is C12H21BrN3S+. The van der Waals surface area contributed by atoms with Crippen LogP contribution in [0.15, 0.2) is 17.0 Å². The van der Waals surface area contributed by atoms with Gasteiger partial charge >= 0.3 is 0 Å². The fraction of sp³-hybridized carbons (Fsp3) is 0.667. The summed E-state index contributed by atoms with van der Waals surface area (Å²) in [5, 5.41) is 0. The van der Waals surface area contributed by atoms with Crippen molar-refractivity contribution in [3.63, 3.8) is 0 Å². The highest BCUT2D eigenvalue weighted by Gasteiger charge is 2.24. The Bertz CT molecular complexity index is 352. The summed E-state index contributed by atoms with van der Waals surface area (Å²) >= 11 is 4.60. The van der Waals surface area contributed by atoms with Crippen molar-refractivity contribution in [2.24, 2.45) is 0 Å². The first kappa shape index (κ1) is 14.9. The second-order valence-corrected chi connectivity index (χ2v) is 7.66. The summed E-state index contributed by atoms with van der Waals surface area (Å²) in [6.07, 6.45) is 5.77. The van der Waals surface area contributed by atoms with Gasteiger partial charge in [-0.2, -0.15) is 0 Å². The van der Waals surface area contributed by atoms with Crippen molar-refractivity contribution >= 4 is 27.9 Å². The summed E-state index contributed by atoms with van der Waals surface area (Å²) in [7, 11) is 0. The molecule has 5 heteroatoms. The van der Waals surface area contributed by atoms with Gasteiger partial charge in [-0.1, -0.05) is 13.3 Å². The summed E-state index contributed by atoms with van der Waals surface area (Å²) < 4.78 is 4.60. The summed E-state index contributed by atoms with van der Waals surface area (Å²) in [6.45, 7) is 8.85. The van der Waals surface area contributed by atoms with E-state index >= 15 is 0 Å². The fourth-order valence-corrected chi connectivity index (χ4v) is 2.49. The second-order valence-electron chi connectivity index (χ2n) is 5.02. The molecule has 1 aromatic rings. The maximum absolute atomic E-state index is 4.48. The monoisotopic (exact) mass is 318 g/mol. The van der Waals surface area contributed by atoms with Gasteiger partial charge in [0.1, 0.15) is 9.35 Å². The molecule has 0 fully saturated rings. The van der Waals surface area contributed by atoms with Gasteiger partial charge in [-0.15, -0.1) is 4.72 Å². The van der Waals surface area contributed by atoms with Crippen LogP contribution in [0, 0.1) is 0 Å². The highest BCUT2D eigenvalue weighted by atomic mass is 79.9. The molecule has 0 amide bonds. The molecule has 3 nitrogen and oxygen atoms in total. The summed E-state index contributed by atoms with van der Waals surface area (Å²) in [5.41, 5.74) is 1.01. The summed E-state index contributed by atoms with van der Waals surface area (Å²) in [5.74, 6) is 0. The Labute approximate surface area is 116 Å². The van der Waals surface area contributed by atoms with Crippen LogP contribution in [0.25, 0.3) is 0 Å². The maximum Gasteiger partial charge on any atom is 0.136 e. The molecular weight excluding hydrogens is 298 g/mol. The molecule has 0 aliphatic heterocycles. The van der Waals surface area contributed by atoms with E-state index in [1.807, 2.05) is 6.20 Å². The Kier molecular flexibility index (Phi) is 5.89. The zero-order valence-corrected chi connectivity index (χ0v) is 13.3. The molecule has 0 radical (unpaired) electrons. The molecule has 96 valence electrons. The van der Waals surface area contributed by atoms with Crippen LogP contribution < -0.4 is 4.72 Å². The molecule has 0 bridgehead atoms. The topological polar surface area (TPSA) is 37.8 Å². The summed E-state index contributed by atoms with van der Waals surface area (Å²) in [6, 6.07) is 0.283. The second kappa shape index (κ2) is 6.71. The fourth-order valence-electron chi connectivity index (χ4n) is 1.36. The van der Waals surface area contributed by atoms with Gasteiger partial charge in [0.15, 0.2) is 0 Å². The van der Waals surface area contributed by atoms with Crippen molar-refractivity contribution in [3.05, 3.63) is 22.7 Å². The summed E-state index contributed by atoms with van der Waals surface area (Å²) in [4.78, 5) is 8.66. The third kappa shape index (κ3) is 5.84. The minimum absolute atomic E-state index is 0.255. The third-order valence-corrected chi connectivity index (χ3v) is 3.61. The van der Waals surface area contributed by atoms with E-state index < -0.39 is 0 Å². The highest BCUT2D eigenvalue weighted by molar-refractivity contribution is 9.10. The molecule has 0 unspecified atom stereocenters. The molecule has 17 heavy (non-hydrogen) atoms. The first-order chi connectivity index (χ1) is 7.92.